The van der Waals surface area contributed by atoms with Crippen LogP contribution >= 0.6 is 0 Å². The molecule has 0 unspecified atom stereocenters. The third kappa shape index (κ3) is 2.06. The largest absolute Gasteiger partial charge is 0.343 e. The molecule has 1 aromatic carbocycles. The lowest BCUT2D eigenvalue weighted by Gasteiger charge is -2.10. The van der Waals surface area contributed by atoms with Gasteiger partial charge >= 0.3 is 6.02 Å². The Balaban J connectivity index is 2.41. The summed E-state index contributed by atoms with van der Waals surface area (Å²) < 4.78 is 0. The highest BCUT2D eigenvalue weighted by Gasteiger charge is 2.18. The van der Waals surface area contributed by atoms with Crippen molar-refractivity contribution >= 4 is 17.1 Å². The van der Waals surface area contributed by atoms with E-state index in [1.165, 1.54) is 4.85 Å². The minimum absolute atomic E-state index is 0.502. The first-order valence-electron chi connectivity index (χ1n) is 5.31. The summed E-state index contributed by atoms with van der Waals surface area (Å²) >= 11 is 0. The van der Waals surface area contributed by atoms with Crippen molar-refractivity contribution < 1.29 is 9.68 Å². The van der Waals surface area contributed by atoms with Crippen LogP contribution in [0.15, 0.2) is 23.2 Å². The Morgan fingerprint density at radius 2 is 2.24 bits per heavy atom. The lowest BCUT2D eigenvalue weighted by atomic mass is 10.2. The summed E-state index contributed by atoms with van der Waals surface area (Å²) in [7, 11) is 5.42. The second kappa shape index (κ2) is 4.40. The number of nitrogens with one attached hydrogen (secondary N) is 1. The van der Waals surface area contributed by atoms with Crippen LogP contribution < -0.4 is 9.68 Å². The van der Waals surface area contributed by atoms with Crippen LogP contribution in [0.5, 0.6) is 0 Å². The molecule has 90 valence electrons. The van der Waals surface area contributed by atoms with Crippen LogP contribution in [0.2, 0.25) is 0 Å². The highest BCUT2D eigenvalue weighted by Crippen LogP contribution is 2.10. The van der Waals surface area contributed by atoms with E-state index in [2.05, 4.69) is 15.3 Å². The minimum atomic E-state index is 0.502. The zero-order chi connectivity index (χ0) is 12.4. The van der Waals surface area contributed by atoms with Crippen molar-refractivity contribution in [3.63, 3.8) is 0 Å². The van der Waals surface area contributed by atoms with Gasteiger partial charge in [-0.2, -0.15) is 0 Å². The molecule has 6 heteroatoms. The Labute approximate surface area is 99.5 Å². The van der Waals surface area contributed by atoms with Gasteiger partial charge < -0.3 is 4.90 Å². The Morgan fingerprint density at radius 3 is 2.88 bits per heavy atom. The average molecular weight is 234 g/mol. The summed E-state index contributed by atoms with van der Waals surface area (Å²) in [5.74, 6) is 0. The molecule has 0 saturated heterocycles. The van der Waals surface area contributed by atoms with Crippen LogP contribution in [0.25, 0.3) is 11.0 Å². The van der Waals surface area contributed by atoms with Crippen LogP contribution in [-0.4, -0.2) is 42.4 Å². The van der Waals surface area contributed by atoms with Crippen LogP contribution in [0.1, 0.15) is 5.56 Å². The van der Waals surface area contributed by atoms with E-state index in [4.69, 9.17) is 4.84 Å². The fraction of sp³-hybridized carbons (Fsp3) is 0.364. The van der Waals surface area contributed by atoms with Crippen molar-refractivity contribution in [2.45, 2.75) is 6.92 Å². The molecule has 0 atom stereocenters. The van der Waals surface area contributed by atoms with Crippen molar-refractivity contribution in [2.24, 2.45) is 4.99 Å². The molecule has 0 aliphatic heterocycles. The number of aromatic nitrogens is 3. The van der Waals surface area contributed by atoms with Gasteiger partial charge in [-0.3, -0.25) is 0 Å². The molecule has 6 nitrogen and oxygen atoms in total. The van der Waals surface area contributed by atoms with Crippen LogP contribution in [0.4, 0.5) is 0 Å². The molecule has 17 heavy (non-hydrogen) atoms. The van der Waals surface area contributed by atoms with Gasteiger partial charge in [0, 0.05) is 36.7 Å². The molecular weight excluding hydrogens is 218 g/mol. The molecule has 1 heterocycles. The third-order valence-electron chi connectivity index (χ3n) is 2.43. The summed E-state index contributed by atoms with van der Waals surface area (Å²) in [6.45, 7) is 2.01. The summed E-state index contributed by atoms with van der Waals surface area (Å²) in [5, 5.41) is 7.02. The molecule has 0 radical (unpaired) electrons. The number of aliphatic imine (C=N–C) groups is 1. The third-order valence-corrected chi connectivity index (χ3v) is 2.43. The first kappa shape index (κ1) is 11.4. The number of para-hydroxylation sites is 1. The van der Waals surface area contributed by atoms with Crippen molar-refractivity contribution in [1.29, 1.82) is 0 Å². The maximum absolute atomic E-state index is 5.61. The van der Waals surface area contributed by atoms with Gasteiger partial charge in [0.05, 0.1) is 0 Å². The fourth-order valence-electron chi connectivity index (χ4n) is 1.58. The van der Waals surface area contributed by atoms with E-state index in [-0.39, 0.29) is 0 Å². The van der Waals surface area contributed by atoms with E-state index in [9.17, 15) is 0 Å². The number of hydrogen-bond donors (Lipinski definition) is 1. The van der Waals surface area contributed by atoms with Gasteiger partial charge in [-0.15, -0.1) is 0 Å². The lowest BCUT2D eigenvalue weighted by molar-refractivity contribution is -0.893. The Bertz CT molecular complexity index is 558. The number of benzene rings is 1. The number of aryl methyl sites for hydroxylation is 1. The lowest BCUT2D eigenvalue weighted by Crippen LogP contribution is -2.51. The van der Waals surface area contributed by atoms with E-state index in [1.807, 2.05) is 39.2 Å². The van der Waals surface area contributed by atoms with Crippen molar-refractivity contribution in [1.82, 2.24) is 15.2 Å². The molecule has 0 amide bonds. The Kier molecular flexibility index (Phi) is 2.95. The molecule has 1 aromatic heterocycles. The van der Waals surface area contributed by atoms with Gasteiger partial charge in [0.1, 0.15) is 0 Å². The number of H-pyrrole nitrogens is 1. The Hall–Kier alpha value is -2.11. The van der Waals surface area contributed by atoms with Gasteiger partial charge in [0.2, 0.25) is 5.52 Å². The molecule has 0 aliphatic rings. The number of fused-ring (bicyclic) bond motifs is 1. The van der Waals surface area contributed by atoms with E-state index in [0.29, 0.717) is 6.02 Å². The topological polar surface area (TPSA) is 57.4 Å². The molecule has 0 spiro atoms. The molecule has 2 rings (SSSR count). The van der Waals surface area contributed by atoms with Crippen LogP contribution in [0.3, 0.4) is 0 Å². The zero-order valence-corrected chi connectivity index (χ0v) is 10.4. The summed E-state index contributed by atoms with van der Waals surface area (Å²) in [5.41, 5.74) is 2.87. The summed E-state index contributed by atoms with van der Waals surface area (Å²) in [6.07, 6.45) is 0. The molecule has 0 fully saturated rings. The summed E-state index contributed by atoms with van der Waals surface area (Å²) in [6, 6.07) is 6.41. The quantitative estimate of drug-likeness (QED) is 0.433. The van der Waals surface area contributed by atoms with Crippen molar-refractivity contribution in [3.8, 4) is 0 Å². The molecule has 0 aliphatic carbocycles. The normalized spacial score (nSPS) is 11.9. The molecule has 0 saturated carbocycles. The summed E-state index contributed by atoms with van der Waals surface area (Å²) in [4.78, 5) is 12.9. The zero-order valence-electron chi connectivity index (χ0n) is 10.4. The number of rotatable bonds is 1. The van der Waals surface area contributed by atoms with E-state index in [1.54, 1.807) is 11.9 Å². The molecular formula is C11H16N5O+. The number of aromatic amines is 1. The molecule has 2 aromatic rings. The standard InChI is InChI=1S/C11H15N5O/c1-8-6-5-7-9-10(8)13-14-16(9)17-11(12-2)15(3)4/h5-7H,1-4H3/p+1. The van der Waals surface area contributed by atoms with E-state index >= 15 is 0 Å². The molecule has 1 N–H and O–H groups in total. The smallest absolute Gasteiger partial charge is 0.329 e. The predicted octanol–water partition coefficient (Wildman–Crippen LogP) is 0.135. The predicted molar refractivity (Wildman–Crippen MR) is 64.7 cm³/mol. The van der Waals surface area contributed by atoms with E-state index in [0.717, 1.165) is 16.6 Å². The first-order valence-corrected chi connectivity index (χ1v) is 5.31. The van der Waals surface area contributed by atoms with Crippen molar-refractivity contribution in [2.75, 3.05) is 21.1 Å². The van der Waals surface area contributed by atoms with Gasteiger partial charge in [-0.1, -0.05) is 12.1 Å². The van der Waals surface area contributed by atoms with Gasteiger partial charge in [-0.05, 0) is 18.2 Å². The van der Waals surface area contributed by atoms with Gasteiger partial charge in [-0.25, -0.2) is 9.83 Å². The monoisotopic (exact) mass is 234 g/mol. The second-order valence-corrected chi connectivity index (χ2v) is 3.94. The minimum Gasteiger partial charge on any atom is -0.329 e. The number of nitrogens with zero attached hydrogens (tertiary/aromatic N) is 4. The average Bonchev–Trinajstić information content (AvgIpc) is 2.70. The van der Waals surface area contributed by atoms with Gasteiger partial charge in [0.15, 0.2) is 0 Å². The van der Waals surface area contributed by atoms with Crippen molar-refractivity contribution in [3.05, 3.63) is 23.8 Å². The Morgan fingerprint density at radius 1 is 1.47 bits per heavy atom. The number of amidine groups is 1. The second-order valence-electron chi connectivity index (χ2n) is 3.94. The number of hydrogen-bond acceptors (Lipinski definition) is 3. The van der Waals surface area contributed by atoms with Crippen LogP contribution in [0, 0.1) is 6.92 Å². The van der Waals surface area contributed by atoms with Gasteiger partial charge in [0.25, 0.3) is 5.52 Å². The van der Waals surface area contributed by atoms with E-state index < -0.39 is 0 Å². The highest BCUT2D eigenvalue weighted by molar-refractivity contribution is 5.75. The molecule has 0 bridgehead atoms. The fourth-order valence-corrected chi connectivity index (χ4v) is 1.58. The SMILES string of the molecule is CN=C(O[n+]1[nH]nc2c(C)cccc21)N(C)C. The maximum atomic E-state index is 5.61. The highest BCUT2D eigenvalue weighted by atomic mass is 16.7. The first-order chi connectivity index (χ1) is 8.13. The maximum Gasteiger partial charge on any atom is 0.343 e. The van der Waals surface area contributed by atoms with Crippen LogP contribution in [-0.2, 0) is 0 Å².